The Kier molecular flexibility index (Phi) is 8.96. The lowest BCUT2D eigenvalue weighted by molar-refractivity contribution is 0.328. The fourth-order valence-electron chi connectivity index (χ4n) is 2.27. The highest BCUT2D eigenvalue weighted by Gasteiger charge is 2.11. The topological polar surface area (TPSA) is 45.7 Å². The Bertz CT molecular complexity index is 494. The average Bonchev–Trinajstić information content (AvgIpc) is 2.97. The number of rotatable bonds is 6. The molecule has 4 nitrogen and oxygen atoms in total. The maximum atomic E-state index is 5.71. The van der Waals surface area contributed by atoms with E-state index in [0.717, 1.165) is 31.1 Å². The molecule has 122 valence electrons. The number of halogens is 1. The molecule has 0 aromatic heterocycles. The summed E-state index contributed by atoms with van der Waals surface area (Å²) in [6, 6.07) is 8.56. The van der Waals surface area contributed by atoms with E-state index in [9.17, 15) is 0 Å². The van der Waals surface area contributed by atoms with Crippen LogP contribution in [0.2, 0.25) is 0 Å². The Labute approximate surface area is 150 Å². The molecule has 0 aliphatic heterocycles. The van der Waals surface area contributed by atoms with Crippen LogP contribution in [0.3, 0.4) is 0 Å². The first-order valence-electron chi connectivity index (χ1n) is 7.67. The molecule has 1 aromatic carbocycles. The summed E-state index contributed by atoms with van der Waals surface area (Å²) in [5, 5.41) is 6.72. The summed E-state index contributed by atoms with van der Waals surface area (Å²) in [5.41, 5.74) is 1.21. The molecule has 1 aromatic rings. The fourth-order valence-corrected chi connectivity index (χ4v) is 2.27. The number of ether oxygens (including phenoxy) is 1. The van der Waals surface area contributed by atoms with Gasteiger partial charge in [-0.15, -0.1) is 24.0 Å². The second kappa shape index (κ2) is 10.5. The van der Waals surface area contributed by atoms with Crippen LogP contribution in [0.5, 0.6) is 5.75 Å². The van der Waals surface area contributed by atoms with Crippen LogP contribution in [-0.4, -0.2) is 31.7 Å². The maximum absolute atomic E-state index is 5.71. The Balaban J connectivity index is 0.00000242. The summed E-state index contributed by atoms with van der Waals surface area (Å²) in [6.45, 7) is 6.23. The minimum atomic E-state index is 0. The first-order chi connectivity index (χ1) is 10.3. The molecular formula is C17H26IN3O. The van der Waals surface area contributed by atoms with E-state index in [4.69, 9.17) is 4.74 Å². The van der Waals surface area contributed by atoms with Crippen molar-refractivity contribution in [2.24, 2.45) is 4.99 Å². The predicted molar refractivity (Wildman–Crippen MR) is 103 cm³/mol. The standard InChI is InChI=1S/C17H25N3O.HI/c1-3-18-17(20-15-8-4-5-9-15)19-11-12-21-16-10-6-7-14(2)13-16;/h4-7,10,13,15H,3,8-9,11-12H2,1-2H3,(H2,18,19,20);1H. The second-order valence-corrected chi connectivity index (χ2v) is 5.21. The van der Waals surface area contributed by atoms with Crippen LogP contribution in [0.15, 0.2) is 41.4 Å². The van der Waals surface area contributed by atoms with E-state index in [1.807, 2.05) is 18.2 Å². The average molecular weight is 415 g/mol. The van der Waals surface area contributed by atoms with Crippen molar-refractivity contribution >= 4 is 29.9 Å². The molecule has 0 atom stereocenters. The van der Waals surface area contributed by atoms with E-state index in [2.05, 4.69) is 47.7 Å². The molecule has 2 rings (SSSR count). The summed E-state index contributed by atoms with van der Waals surface area (Å²) in [4.78, 5) is 4.56. The third kappa shape index (κ3) is 6.68. The molecule has 22 heavy (non-hydrogen) atoms. The van der Waals surface area contributed by atoms with Gasteiger partial charge in [0.15, 0.2) is 5.96 Å². The lowest BCUT2D eigenvalue weighted by Gasteiger charge is -2.16. The summed E-state index contributed by atoms with van der Waals surface area (Å²) in [6.07, 6.45) is 6.57. The van der Waals surface area contributed by atoms with Crippen molar-refractivity contribution in [3.05, 3.63) is 42.0 Å². The van der Waals surface area contributed by atoms with E-state index < -0.39 is 0 Å². The maximum Gasteiger partial charge on any atom is 0.191 e. The zero-order valence-electron chi connectivity index (χ0n) is 13.3. The highest BCUT2D eigenvalue weighted by atomic mass is 127. The quantitative estimate of drug-likeness (QED) is 0.247. The van der Waals surface area contributed by atoms with Crippen molar-refractivity contribution in [1.29, 1.82) is 0 Å². The number of nitrogens with zero attached hydrogens (tertiary/aromatic N) is 1. The zero-order valence-corrected chi connectivity index (χ0v) is 15.7. The molecular weight excluding hydrogens is 389 g/mol. The third-order valence-corrected chi connectivity index (χ3v) is 3.31. The molecule has 0 unspecified atom stereocenters. The van der Waals surface area contributed by atoms with Gasteiger partial charge >= 0.3 is 0 Å². The van der Waals surface area contributed by atoms with Crippen LogP contribution < -0.4 is 15.4 Å². The minimum absolute atomic E-state index is 0. The minimum Gasteiger partial charge on any atom is -0.492 e. The summed E-state index contributed by atoms with van der Waals surface area (Å²) in [7, 11) is 0. The number of hydrogen-bond donors (Lipinski definition) is 2. The fraction of sp³-hybridized carbons (Fsp3) is 0.471. The van der Waals surface area contributed by atoms with Gasteiger partial charge in [0, 0.05) is 12.6 Å². The Morgan fingerprint density at radius 1 is 1.32 bits per heavy atom. The van der Waals surface area contributed by atoms with Crippen molar-refractivity contribution in [3.8, 4) is 5.75 Å². The number of nitrogens with one attached hydrogen (secondary N) is 2. The van der Waals surface area contributed by atoms with Crippen molar-refractivity contribution in [2.75, 3.05) is 19.7 Å². The van der Waals surface area contributed by atoms with E-state index in [1.54, 1.807) is 0 Å². The van der Waals surface area contributed by atoms with Crippen LogP contribution >= 0.6 is 24.0 Å². The van der Waals surface area contributed by atoms with Gasteiger partial charge in [-0.2, -0.15) is 0 Å². The summed E-state index contributed by atoms with van der Waals surface area (Å²) < 4.78 is 5.71. The number of aliphatic imine (C=N–C) groups is 1. The van der Waals surface area contributed by atoms with Gasteiger partial charge in [0.25, 0.3) is 0 Å². The molecule has 0 spiro atoms. The highest BCUT2D eigenvalue weighted by Crippen LogP contribution is 2.12. The zero-order chi connectivity index (χ0) is 14.9. The largest absolute Gasteiger partial charge is 0.492 e. The molecule has 0 amide bonds. The van der Waals surface area contributed by atoms with Crippen LogP contribution in [0.25, 0.3) is 0 Å². The lowest BCUT2D eigenvalue weighted by atomic mass is 10.2. The first kappa shape index (κ1) is 18.8. The molecule has 1 aliphatic rings. The monoisotopic (exact) mass is 415 g/mol. The van der Waals surface area contributed by atoms with Gasteiger partial charge < -0.3 is 15.4 Å². The smallest absolute Gasteiger partial charge is 0.191 e. The third-order valence-electron chi connectivity index (χ3n) is 3.31. The van der Waals surface area contributed by atoms with Crippen molar-refractivity contribution in [1.82, 2.24) is 10.6 Å². The molecule has 0 saturated carbocycles. The van der Waals surface area contributed by atoms with Gasteiger partial charge in [-0.25, -0.2) is 4.99 Å². The normalized spacial score (nSPS) is 14.5. The molecule has 1 aliphatic carbocycles. The van der Waals surface area contributed by atoms with Gasteiger partial charge in [0.1, 0.15) is 12.4 Å². The van der Waals surface area contributed by atoms with Crippen molar-refractivity contribution in [3.63, 3.8) is 0 Å². The second-order valence-electron chi connectivity index (χ2n) is 5.21. The molecule has 0 radical (unpaired) electrons. The lowest BCUT2D eigenvalue weighted by Crippen LogP contribution is -2.42. The van der Waals surface area contributed by atoms with Gasteiger partial charge in [-0.1, -0.05) is 24.3 Å². The number of benzene rings is 1. The Morgan fingerprint density at radius 2 is 2.09 bits per heavy atom. The van der Waals surface area contributed by atoms with E-state index in [1.165, 1.54) is 5.56 Å². The van der Waals surface area contributed by atoms with Gasteiger partial charge in [0.05, 0.1) is 6.54 Å². The van der Waals surface area contributed by atoms with Crippen LogP contribution in [0.4, 0.5) is 0 Å². The molecule has 0 fully saturated rings. The predicted octanol–water partition coefficient (Wildman–Crippen LogP) is 3.27. The first-order valence-corrected chi connectivity index (χ1v) is 7.67. The molecule has 0 bridgehead atoms. The molecule has 2 N–H and O–H groups in total. The van der Waals surface area contributed by atoms with Gasteiger partial charge in [-0.3, -0.25) is 0 Å². The molecule has 5 heteroatoms. The number of hydrogen-bond acceptors (Lipinski definition) is 2. The summed E-state index contributed by atoms with van der Waals surface area (Å²) >= 11 is 0. The van der Waals surface area contributed by atoms with Gasteiger partial charge in [0.2, 0.25) is 0 Å². The Hall–Kier alpha value is -1.24. The SMILES string of the molecule is CCNC(=NCCOc1cccc(C)c1)NC1CC=CC1.I. The van der Waals surface area contributed by atoms with E-state index in [-0.39, 0.29) is 24.0 Å². The molecule has 0 saturated heterocycles. The van der Waals surface area contributed by atoms with E-state index >= 15 is 0 Å². The van der Waals surface area contributed by atoms with Crippen LogP contribution in [-0.2, 0) is 0 Å². The Morgan fingerprint density at radius 3 is 2.77 bits per heavy atom. The van der Waals surface area contributed by atoms with Gasteiger partial charge in [-0.05, 0) is 44.4 Å². The summed E-state index contributed by atoms with van der Waals surface area (Å²) in [5.74, 6) is 1.78. The number of guanidine groups is 1. The van der Waals surface area contributed by atoms with E-state index in [0.29, 0.717) is 19.2 Å². The number of aryl methyl sites for hydroxylation is 1. The van der Waals surface area contributed by atoms with Crippen molar-refractivity contribution < 1.29 is 4.74 Å². The van der Waals surface area contributed by atoms with Crippen molar-refractivity contribution in [2.45, 2.75) is 32.7 Å². The van der Waals surface area contributed by atoms with Crippen LogP contribution in [0, 0.1) is 6.92 Å². The van der Waals surface area contributed by atoms with Crippen LogP contribution in [0.1, 0.15) is 25.3 Å². The highest BCUT2D eigenvalue weighted by molar-refractivity contribution is 14.0. The molecule has 0 heterocycles.